The van der Waals surface area contributed by atoms with Crippen LogP contribution in [-0.4, -0.2) is 35.4 Å². The fourth-order valence-electron chi connectivity index (χ4n) is 2.63. The van der Waals surface area contributed by atoms with Crippen molar-refractivity contribution in [1.82, 2.24) is 5.32 Å². The maximum Gasteiger partial charge on any atom is 0.305 e. The lowest BCUT2D eigenvalue weighted by atomic mass is 9.89. The summed E-state index contributed by atoms with van der Waals surface area (Å²) >= 11 is 0. The molecule has 104 valence electrons. The van der Waals surface area contributed by atoms with Crippen LogP contribution in [0.5, 0.6) is 0 Å². The van der Waals surface area contributed by atoms with Crippen LogP contribution < -0.4 is 5.32 Å². The lowest BCUT2D eigenvalue weighted by molar-refractivity contribution is -0.139. The Morgan fingerprint density at radius 2 is 1.89 bits per heavy atom. The molecule has 4 nitrogen and oxygen atoms in total. The molecule has 0 aliphatic carbocycles. The molecule has 3 N–H and O–H groups in total. The average molecular weight is 263 g/mol. The largest absolute Gasteiger partial charge is 0.481 e. The van der Waals surface area contributed by atoms with Gasteiger partial charge in [0, 0.05) is 0 Å². The van der Waals surface area contributed by atoms with E-state index in [2.05, 4.69) is 17.4 Å². The zero-order valence-electron chi connectivity index (χ0n) is 11.0. The molecule has 0 radical (unpaired) electrons. The molecule has 1 saturated heterocycles. The second-order valence-electron chi connectivity index (χ2n) is 5.22. The van der Waals surface area contributed by atoms with Crippen molar-refractivity contribution in [2.75, 3.05) is 13.1 Å². The summed E-state index contributed by atoms with van der Waals surface area (Å²) < 4.78 is 0. The minimum absolute atomic E-state index is 0.198. The molecule has 2 rings (SSSR count). The molecule has 19 heavy (non-hydrogen) atoms. The van der Waals surface area contributed by atoms with Crippen LogP contribution in [0.3, 0.4) is 0 Å². The molecule has 4 heteroatoms. The lowest BCUT2D eigenvalue weighted by Gasteiger charge is -2.23. The van der Waals surface area contributed by atoms with Crippen LogP contribution in [0.25, 0.3) is 0 Å². The molecule has 0 saturated carbocycles. The zero-order chi connectivity index (χ0) is 13.7. The van der Waals surface area contributed by atoms with Crippen LogP contribution in [0.1, 0.15) is 36.3 Å². The van der Waals surface area contributed by atoms with Gasteiger partial charge in [0.25, 0.3) is 0 Å². The van der Waals surface area contributed by atoms with Gasteiger partial charge in [0.15, 0.2) is 0 Å². The van der Waals surface area contributed by atoms with Gasteiger partial charge >= 0.3 is 5.97 Å². The third-order valence-electron chi connectivity index (χ3n) is 3.67. The fraction of sp³-hybridized carbons (Fsp3) is 0.533. The number of rotatable bonds is 5. The summed E-state index contributed by atoms with van der Waals surface area (Å²) in [5.41, 5.74) is 2.34. The van der Waals surface area contributed by atoms with Crippen LogP contribution in [0.2, 0.25) is 0 Å². The second-order valence-corrected chi connectivity index (χ2v) is 5.22. The highest BCUT2D eigenvalue weighted by molar-refractivity contribution is 5.67. The van der Waals surface area contributed by atoms with Gasteiger partial charge in [-0.1, -0.05) is 24.3 Å². The molecule has 0 spiro atoms. The van der Waals surface area contributed by atoms with Gasteiger partial charge in [-0.3, -0.25) is 4.79 Å². The number of aliphatic hydroxyl groups excluding tert-OH is 1. The first-order valence-electron chi connectivity index (χ1n) is 6.84. The van der Waals surface area contributed by atoms with Gasteiger partial charge in [-0.25, -0.2) is 0 Å². The Balaban J connectivity index is 1.92. The molecule has 1 unspecified atom stereocenters. The number of aliphatic hydroxyl groups is 1. The van der Waals surface area contributed by atoms with Crippen molar-refractivity contribution >= 4 is 5.97 Å². The fourth-order valence-corrected chi connectivity index (χ4v) is 2.63. The highest BCUT2D eigenvalue weighted by Gasteiger charge is 2.15. The lowest BCUT2D eigenvalue weighted by Crippen LogP contribution is -2.26. The van der Waals surface area contributed by atoms with Crippen molar-refractivity contribution in [2.45, 2.75) is 37.7 Å². The minimum atomic E-state index is -0.959. The van der Waals surface area contributed by atoms with Crippen LogP contribution >= 0.6 is 0 Å². The molecular formula is C15H21NO3. The van der Waals surface area contributed by atoms with E-state index in [4.69, 9.17) is 5.11 Å². The number of carboxylic acid groups (broad SMARTS) is 1. The van der Waals surface area contributed by atoms with Crippen molar-refractivity contribution in [3.8, 4) is 0 Å². The molecule has 1 aliphatic rings. The summed E-state index contributed by atoms with van der Waals surface area (Å²) in [6.45, 7) is 2.15. The van der Waals surface area contributed by atoms with E-state index in [9.17, 15) is 9.90 Å². The van der Waals surface area contributed by atoms with Crippen LogP contribution in [0, 0.1) is 0 Å². The normalized spacial score (nSPS) is 18.2. The number of hydrogen-bond acceptors (Lipinski definition) is 3. The summed E-state index contributed by atoms with van der Waals surface area (Å²) in [6.07, 6.45) is 1.74. The van der Waals surface area contributed by atoms with Crippen LogP contribution in [0.15, 0.2) is 24.3 Å². The first-order chi connectivity index (χ1) is 9.15. The number of aliphatic carboxylic acids is 1. The van der Waals surface area contributed by atoms with Crippen molar-refractivity contribution in [2.24, 2.45) is 0 Å². The number of nitrogens with one attached hydrogen (secondary N) is 1. The van der Waals surface area contributed by atoms with E-state index in [1.165, 1.54) is 18.4 Å². The Labute approximate surface area is 113 Å². The molecule has 1 atom stereocenters. The smallest absolute Gasteiger partial charge is 0.305 e. The minimum Gasteiger partial charge on any atom is -0.481 e. The molecule has 1 fully saturated rings. The first-order valence-corrected chi connectivity index (χ1v) is 6.84. The summed E-state index contributed by atoms with van der Waals surface area (Å²) in [6, 6.07) is 8.22. The standard InChI is InChI=1S/C15H21NO3/c17-14(10-15(18)19)9-11-1-3-12(4-2-11)13-5-7-16-8-6-13/h1-4,13-14,16-17H,5-10H2,(H,18,19). The topological polar surface area (TPSA) is 69.6 Å². The number of benzene rings is 1. The Kier molecular flexibility index (Phi) is 4.93. The molecule has 1 aromatic rings. The predicted molar refractivity (Wildman–Crippen MR) is 73.3 cm³/mol. The Morgan fingerprint density at radius 1 is 1.26 bits per heavy atom. The highest BCUT2D eigenvalue weighted by atomic mass is 16.4. The summed E-state index contributed by atoms with van der Waals surface area (Å²) in [4.78, 5) is 10.5. The van der Waals surface area contributed by atoms with Gasteiger partial charge in [0.1, 0.15) is 0 Å². The Morgan fingerprint density at radius 3 is 2.47 bits per heavy atom. The molecule has 1 heterocycles. The third-order valence-corrected chi connectivity index (χ3v) is 3.67. The van der Waals surface area contributed by atoms with E-state index < -0.39 is 12.1 Å². The number of piperidine rings is 1. The summed E-state index contributed by atoms with van der Waals surface area (Å²) in [7, 11) is 0. The molecule has 1 aliphatic heterocycles. The highest BCUT2D eigenvalue weighted by Crippen LogP contribution is 2.25. The molecule has 0 aromatic heterocycles. The predicted octanol–water partition coefficient (Wildman–Crippen LogP) is 1.53. The molecular weight excluding hydrogens is 242 g/mol. The van der Waals surface area contributed by atoms with Crippen molar-refractivity contribution in [3.05, 3.63) is 35.4 Å². The quantitative estimate of drug-likeness (QED) is 0.753. The van der Waals surface area contributed by atoms with E-state index in [-0.39, 0.29) is 6.42 Å². The van der Waals surface area contributed by atoms with E-state index in [0.29, 0.717) is 12.3 Å². The van der Waals surface area contributed by atoms with Gasteiger partial charge in [-0.05, 0) is 49.4 Å². The van der Waals surface area contributed by atoms with Gasteiger partial charge in [-0.15, -0.1) is 0 Å². The first kappa shape index (κ1) is 14.0. The van der Waals surface area contributed by atoms with E-state index in [1.54, 1.807) is 0 Å². The number of hydrogen-bond donors (Lipinski definition) is 3. The van der Waals surface area contributed by atoms with Crippen molar-refractivity contribution in [3.63, 3.8) is 0 Å². The third kappa shape index (κ3) is 4.33. The zero-order valence-corrected chi connectivity index (χ0v) is 11.0. The molecule has 0 amide bonds. The maximum absolute atomic E-state index is 10.5. The van der Waals surface area contributed by atoms with E-state index in [0.717, 1.165) is 18.7 Å². The van der Waals surface area contributed by atoms with Gasteiger partial charge in [0.2, 0.25) is 0 Å². The van der Waals surface area contributed by atoms with Gasteiger partial charge < -0.3 is 15.5 Å². The molecule has 0 bridgehead atoms. The van der Waals surface area contributed by atoms with Crippen LogP contribution in [0.4, 0.5) is 0 Å². The van der Waals surface area contributed by atoms with Crippen molar-refractivity contribution in [1.29, 1.82) is 0 Å². The van der Waals surface area contributed by atoms with E-state index in [1.807, 2.05) is 12.1 Å². The number of carbonyl (C=O) groups is 1. The van der Waals surface area contributed by atoms with Crippen molar-refractivity contribution < 1.29 is 15.0 Å². The molecule has 1 aromatic carbocycles. The van der Waals surface area contributed by atoms with E-state index >= 15 is 0 Å². The maximum atomic E-state index is 10.5. The Hall–Kier alpha value is -1.39. The SMILES string of the molecule is O=C(O)CC(O)Cc1ccc(C2CCNCC2)cc1. The average Bonchev–Trinajstić information content (AvgIpc) is 2.39. The van der Waals surface area contributed by atoms with Crippen LogP contribution in [-0.2, 0) is 11.2 Å². The van der Waals surface area contributed by atoms with Gasteiger partial charge in [-0.2, -0.15) is 0 Å². The monoisotopic (exact) mass is 263 g/mol. The Bertz CT molecular complexity index is 410. The van der Waals surface area contributed by atoms with Gasteiger partial charge in [0.05, 0.1) is 12.5 Å². The summed E-state index contributed by atoms with van der Waals surface area (Å²) in [5, 5.41) is 21.6. The summed E-state index contributed by atoms with van der Waals surface area (Å²) in [5.74, 6) is -0.335. The second kappa shape index (κ2) is 6.68. The number of carboxylic acids is 1.